The summed E-state index contributed by atoms with van der Waals surface area (Å²) in [6.07, 6.45) is 5.82. The van der Waals surface area contributed by atoms with E-state index in [-0.39, 0.29) is 0 Å². The number of nitrogen functional groups attached to an aromatic ring is 1. The average molecular weight is 263 g/mol. The van der Waals surface area contributed by atoms with E-state index in [0.717, 1.165) is 16.3 Å². The third-order valence-corrected chi connectivity index (χ3v) is 4.55. The number of oxazole rings is 1. The van der Waals surface area contributed by atoms with Crippen LogP contribution >= 0.6 is 11.8 Å². The molecule has 3 rings (SSSR count). The molecule has 0 spiro atoms. The van der Waals surface area contributed by atoms with Gasteiger partial charge >= 0.3 is 0 Å². The number of anilines is 2. The summed E-state index contributed by atoms with van der Waals surface area (Å²) in [5, 5.41) is 4.15. The van der Waals surface area contributed by atoms with Gasteiger partial charge in [-0.15, -0.1) is 0 Å². The fourth-order valence-electron chi connectivity index (χ4n) is 2.47. The molecule has 1 aromatic heterocycles. The van der Waals surface area contributed by atoms with E-state index in [0.29, 0.717) is 17.7 Å². The summed E-state index contributed by atoms with van der Waals surface area (Å²) in [5.74, 6) is 0. The number of fused-ring (bicyclic) bond motifs is 1. The number of hydrogen-bond donors (Lipinski definition) is 2. The molecule has 3 N–H and O–H groups in total. The molecular weight excluding hydrogens is 246 g/mol. The predicted octanol–water partition coefficient (Wildman–Crippen LogP) is 3.11. The van der Waals surface area contributed by atoms with Crippen LogP contribution in [0.3, 0.4) is 0 Å². The Morgan fingerprint density at radius 3 is 3.11 bits per heavy atom. The van der Waals surface area contributed by atoms with Crippen molar-refractivity contribution in [3.8, 4) is 0 Å². The molecule has 18 heavy (non-hydrogen) atoms. The number of aromatic nitrogens is 1. The summed E-state index contributed by atoms with van der Waals surface area (Å²) in [4.78, 5) is 4.42. The molecule has 2 unspecified atom stereocenters. The number of nitrogens with one attached hydrogen (secondary N) is 1. The van der Waals surface area contributed by atoms with Gasteiger partial charge in [0.1, 0.15) is 5.52 Å². The van der Waals surface area contributed by atoms with Gasteiger partial charge in [0.25, 0.3) is 6.01 Å². The maximum atomic E-state index is 5.73. The highest BCUT2D eigenvalue weighted by Gasteiger charge is 2.24. The molecule has 2 atom stereocenters. The van der Waals surface area contributed by atoms with Crippen LogP contribution in [0.1, 0.15) is 19.3 Å². The fourth-order valence-corrected chi connectivity index (χ4v) is 3.26. The monoisotopic (exact) mass is 263 g/mol. The lowest BCUT2D eigenvalue weighted by atomic mass is 10.3. The zero-order chi connectivity index (χ0) is 12.5. The van der Waals surface area contributed by atoms with Gasteiger partial charge in [-0.3, -0.25) is 0 Å². The standard InChI is InChI=1S/C13H17N3OS/c1-18-10-4-3-9(7-10)15-13-16-11-6-8(14)2-5-12(11)17-13/h2,5-6,9-10H,3-4,7,14H2,1H3,(H,15,16). The van der Waals surface area contributed by atoms with Crippen molar-refractivity contribution in [2.75, 3.05) is 17.3 Å². The smallest absolute Gasteiger partial charge is 0.295 e. The minimum atomic E-state index is 0.479. The van der Waals surface area contributed by atoms with Crippen molar-refractivity contribution in [2.24, 2.45) is 0 Å². The maximum Gasteiger partial charge on any atom is 0.295 e. The van der Waals surface area contributed by atoms with Crippen molar-refractivity contribution in [3.05, 3.63) is 18.2 Å². The van der Waals surface area contributed by atoms with E-state index in [2.05, 4.69) is 16.6 Å². The Morgan fingerprint density at radius 1 is 1.44 bits per heavy atom. The number of benzene rings is 1. The van der Waals surface area contributed by atoms with Crippen LogP contribution < -0.4 is 11.1 Å². The number of thioether (sulfide) groups is 1. The Labute approximate surface area is 110 Å². The second-order valence-electron chi connectivity index (χ2n) is 4.76. The molecule has 0 radical (unpaired) electrons. The summed E-state index contributed by atoms with van der Waals surface area (Å²) in [6.45, 7) is 0. The summed E-state index contributed by atoms with van der Waals surface area (Å²) in [6, 6.07) is 6.62. The molecule has 0 saturated heterocycles. The molecule has 5 heteroatoms. The first kappa shape index (κ1) is 11.7. The molecule has 1 aromatic carbocycles. The maximum absolute atomic E-state index is 5.73. The van der Waals surface area contributed by atoms with Gasteiger partial charge < -0.3 is 15.5 Å². The molecule has 0 aliphatic heterocycles. The van der Waals surface area contributed by atoms with E-state index in [4.69, 9.17) is 10.2 Å². The molecule has 0 amide bonds. The third kappa shape index (κ3) is 2.27. The van der Waals surface area contributed by atoms with Crippen LogP contribution in [0.4, 0.5) is 11.7 Å². The van der Waals surface area contributed by atoms with Crippen molar-refractivity contribution in [3.63, 3.8) is 0 Å². The zero-order valence-electron chi connectivity index (χ0n) is 10.3. The van der Waals surface area contributed by atoms with Gasteiger partial charge in [-0.2, -0.15) is 16.7 Å². The van der Waals surface area contributed by atoms with Crippen LogP contribution in [-0.4, -0.2) is 22.5 Å². The van der Waals surface area contributed by atoms with Crippen LogP contribution in [0.2, 0.25) is 0 Å². The first-order chi connectivity index (χ1) is 8.74. The lowest BCUT2D eigenvalue weighted by Gasteiger charge is -2.09. The zero-order valence-corrected chi connectivity index (χ0v) is 11.2. The molecule has 1 aliphatic rings. The fraction of sp³-hybridized carbons (Fsp3) is 0.462. The van der Waals surface area contributed by atoms with Gasteiger partial charge in [-0.25, -0.2) is 0 Å². The summed E-state index contributed by atoms with van der Waals surface area (Å²) in [7, 11) is 0. The van der Waals surface area contributed by atoms with E-state index in [1.807, 2.05) is 30.0 Å². The minimum absolute atomic E-state index is 0.479. The Morgan fingerprint density at radius 2 is 2.33 bits per heavy atom. The molecule has 4 nitrogen and oxygen atoms in total. The lowest BCUT2D eigenvalue weighted by Crippen LogP contribution is -2.15. The molecule has 1 fully saturated rings. The highest BCUT2D eigenvalue weighted by atomic mass is 32.2. The Hall–Kier alpha value is -1.36. The molecule has 1 saturated carbocycles. The van der Waals surface area contributed by atoms with E-state index in [1.54, 1.807) is 0 Å². The van der Waals surface area contributed by atoms with E-state index in [1.165, 1.54) is 19.3 Å². The van der Waals surface area contributed by atoms with Crippen LogP contribution in [0.15, 0.2) is 22.6 Å². The van der Waals surface area contributed by atoms with E-state index >= 15 is 0 Å². The molecular formula is C13H17N3OS. The van der Waals surface area contributed by atoms with Gasteiger partial charge in [-0.1, -0.05) is 0 Å². The second kappa shape index (κ2) is 4.72. The number of nitrogens with two attached hydrogens (primary N) is 1. The topological polar surface area (TPSA) is 64.1 Å². The SMILES string of the molecule is CSC1CCC(Nc2nc3cc(N)ccc3o2)C1. The minimum Gasteiger partial charge on any atom is -0.424 e. The number of rotatable bonds is 3. The van der Waals surface area contributed by atoms with Gasteiger partial charge in [0.05, 0.1) is 0 Å². The quantitative estimate of drug-likeness (QED) is 0.833. The summed E-state index contributed by atoms with van der Waals surface area (Å²) in [5.41, 5.74) is 8.04. The molecule has 0 bridgehead atoms. The Bertz CT molecular complexity index is 554. The van der Waals surface area contributed by atoms with E-state index in [9.17, 15) is 0 Å². The van der Waals surface area contributed by atoms with Gasteiger partial charge in [-0.05, 0) is 43.7 Å². The highest BCUT2D eigenvalue weighted by molar-refractivity contribution is 7.99. The Balaban J connectivity index is 1.75. The van der Waals surface area contributed by atoms with Crippen LogP contribution in [-0.2, 0) is 0 Å². The second-order valence-corrected chi connectivity index (χ2v) is 5.90. The largest absolute Gasteiger partial charge is 0.424 e. The molecule has 2 aromatic rings. The van der Waals surface area contributed by atoms with Crippen LogP contribution in [0, 0.1) is 0 Å². The normalized spacial score (nSPS) is 23.6. The molecule has 1 aliphatic carbocycles. The van der Waals surface area contributed by atoms with Gasteiger partial charge in [0.2, 0.25) is 0 Å². The van der Waals surface area contributed by atoms with Crippen LogP contribution in [0.25, 0.3) is 11.1 Å². The van der Waals surface area contributed by atoms with Gasteiger partial charge in [0.15, 0.2) is 5.58 Å². The van der Waals surface area contributed by atoms with Crippen molar-refractivity contribution in [1.29, 1.82) is 0 Å². The lowest BCUT2D eigenvalue weighted by molar-refractivity contribution is 0.594. The van der Waals surface area contributed by atoms with Crippen LogP contribution in [0.5, 0.6) is 0 Å². The molecule has 1 heterocycles. The Kier molecular flexibility index (Phi) is 3.07. The average Bonchev–Trinajstić information content (AvgIpc) is 2.95. The van der Waals surface area contributed by atoms with Gasteiger partial charge in [0, 0.05) is 17.0 Å². The summed E-state index contributed by atoms with van der Waals surface area (Å²) >= 11 is 1.95. The third-order valence-electron chi connectivity index (χ3n) is 3.46. The van der Waals surface area contributed by atoms with E-state index < -0.39 is 0 Å². The number of nitrogens with zero attached hydrogens (tertiary/aromatic N) is 1. The van der Waals surface area contributed by atoms with Crippen molar-refractivity contribution < 1.29 is 4.42 Å². The molecule has 96 valence electrons. The van der Waals surface area contributed by atoms with Crippen molar-refractivity contribution >= 4 is 34.6 Å². The predicted molar refractivity (Wildman–Crippen MR) is 77.0 cm³/mol. The highest BCUT2D eigenvalue weighted by Crippen LogP contribution is 2.31. The first-order valence-corrected chi connectivity index (χ1v) is 7.49. The number of hydrogen-bond acceptors (Lipinski definition) is 5. The first-order valence-electron chi connectivity index (χ1n) is 6.20. The summed E-state index contributed by atoms with van der Waals surface area (Å²) < 4.78 is 5.67. The van der Waals surface area contributed by atoms with Crippen molar-refractivity contribution in [1.82, 2.24) is 4.98 Å². The van der Waals surface area contributed by atoms with Crippen molar-refractivity contribution in [2.45, 2.75) is 30.6 Å².